The van der Waals surface area contributed by atoms with Crippen molar-refractivity contribution < 1.29 is 0 Å². The molecule has 0 saturated heterocycles. The number of nitrogens with two attached hydrogens (primary N) is 1. The minimum Gasteiger partial charge on any atom is -0.342 e. The second-order valence-corrected chi connectivity index (χ2v) is 6.18. The van der Waals surface area contributed by atoms with E-state index in [2.05, 4.69) is 22.9 Å². The van der Waals surface area contributed by atoms with E-state index in [4.69, 9.17) is 10.7 Å². The standard InChI is InChI=1S/C15H20N4S/c1-2-19(10-12-5-3-4-8-17-12)15-18-14(11-6-7-11)13(9-16)20-15/h3-5,8,11H,2,6-7,9-10,16H2,1H3. The van der Waals surface area contributed by atoms with E-state index in [-0.39, 0.29) is 0 Å². The van der Waals surface area contributed by atoms with Gasteiger partial charge in [-0.15, -0.1) is 11.3 Å². The fourth-order valence-electron chi connectivity index (χ4n) is 2.31. The first-order valence-electron chi connectivity index (χ1n) is 7.16. The molecule has 0 radical (unpaired) electrons. The molecule has 0 bridgehead atoms. The van der Waals surface area contributed by atoms with Gasteiger partial charge in [-0.2, -0.15) is 0 Å². The van der Waals surface area contributed by atoms with Crippen molar-refractivity contribution in [1.82, 2.24) is 9.97 Å². The smallest absolute Gasteiger partial charge is 0.186 e. The fourth-order valence-corrected chi connectivity index (χ4v) is 3.40. The van der Waals surface area contributed by atoms with E-state index in [0.717, 1.165) is 23.9 Å². The number of aromatic nitrogens is 2. The predicted molar refractivity (Wildman–Crippen MR) is 82.9 cm³/mol. The lowest BCUT2D eigenvalue weighted by atomic mass is 10.2. The quantitative estimate of drug-likeness (QED) is 0.888. The molecule has 1 saturated carbocycles. The predicted octanol–water partition coefficient (Wildman–Crippen LogP) is 2.90. The van der Waals surface area contributed by atoms with Gasteiger partial charge in [-0.25, -0.2) is 4.98 Å². The monoisotopic (exact) mass is 288 g/mol. The Bertz CT molecular complexity index is 563. The third-order valence-corrected chi connectivity index (χ3v) is 4.75. The highest BCUT2D eigenvalue weighted by molar-refractivity contribution is 7.15. The van der Waals surface area contributed by atoms with Crippen LogP contribution in [0.15, 0.2) is 24.4 Å². The average molecular weight is 288 g/mol. The number of hydrogen-bond donors (Lipinski definition) is 1. The zero-order chi connectivity index (χ0) is 13.9. The van der Waals surface area contributed by atoms with Crippen LogP contribution in [0, 0.1) is 0 Å². The Morgan fingerprint density at radius 2 is 2.25 bits per heavy atom. The topological polar surface area (TPSA) is 55.0 Å². The van der Waals surface area contributed by atoms with Crippen LogP contribution in [-0.4, -0.2) is 16.5 Å². The molecular weight excluding hydrogens is 268 g/mol. The van der Waals surface area contributed by atoms with E-state index < -0.39 is 0 Å². The molecule has 0 amide bonds. The Hall–Kier alpha value is -1.46. The van der Waals surface area contributed by atoms with Gasteiger partial charge in [-0.3, -0.25) is 4.98 Å². The summed E-state index contributed by atoms with van der Waals surface area (Å²) in [5.41, 5.74) is 8.18. The molecule has 0 spiro atoms. The molecule has 1 aliphatic rings. The van der Waals surface area contributed by atoms with Crippen molar-refractivity contribution in [3.8, 4) is 0 Å². The van der Waals surface area contributed by atoms with E-state index in [1.165, 1.54) is 23.4 Å². The van der Waals surface area contributed by atoms with Gasteiger partial charge in [-0.05, 0) is 31.9 Å². The number of hydrogen-bond acceptors (Lipinski definition) is 5. The minimum atomic E-state index is 0.602. The number of rotatable bonds is 6. The first-order chi connectivity index (χ1) is 9.81. The number of nitrogens with zero attached hydrogens (tertiary/aromatic N) is 3. The van der Waals surface area contributed by atoms with Crippen LogP contribution in [-0.2, 0) is 13.1 Å². The lowest BCUT2D eigenvalue weighted by Crippen LogP contribution is -2.22. The van der Waals surface area contributed by atoms with E-state index in [1.807, 2.05) is 18.3 Å². The molecule has 4 nitrogen and oxygen atoms in total. The van der Waals surface area contributed by atoms with Gasteiger partial charge < -0.3 is 10.6 Å². The lowest BCUT2D eigenvalue weighted by Gasteiger charge is -2.19. The van der Waals surface area contributed by atoms with Gasteiger partial charge in [0, 0.05) is 30.1 Å². The van der Waals surface area contributed by atoms with Gasteiger partial charge in [0.1, 0.15) is 0 Å². The van der Waals surface area contributed by atoms with Crippen LogP contribution in [0.3, 0.4) is 0 Å². The molecule has 0 aromatic carbocycles. The van der Waals surface area contributed by atoms with Crippen molar-refractivity contribution in [1.29, 1.82) is 0 Å². The highest BCUT2D eigenvalue weighted by atomic mass is 32.1. The zero-order valence-electron chi connectivity index (χ0n) is 11.7. The van der Waals surface area contributed by atoms with Crippen molar-refractivity contribution in [2.75, 3.05) is 11.4 Å². The summed E-state index contributed by atoms with van der Waals surface area (Å²) in [6.45, 7) is 4.49. The largest absolute Gasteiger partial charge is 0.342 e. The normalized spacial score (nSPS) is 14.5. The average Bonchev–Trinajstić information content (AvgIpc) is 3.25. The molecule has 106 valence electrons. The van der Waals surface area contributed by atoms with Gasteiger partial charge >= 0.3 is 0 Å². The van der Waals surface area contributed by atoms with Crippen LogP contribution >= 0.6 is 11.3 Å². The third-order valence-electron chi connectivity index (χ3n) is 3.60. The minimum absolute atomic E-state index is 0.602. The van der Waals surface area contributed by atoms with Crippen molar-refractivity contribution in [3.05, 3.63) is 40.7 Å². The first-order valence-corrected chi connectivity index (χ1v) is 7.98. The molecule has 2 aromatic heterocycles. The molecule has 2 aromatic rings. The summed E-state index contributed by atoms with van der Waals surface area (Å²) in [6.07, 6.45) is 4.37. The summed E-state index contributed by atoms with van der Waals surface area (Å²) < 4.78 is 0. The van der Waals surface area contributed by atoms with Crippen LogP contribution in [0.2, 0.25) is 0 Å². The SMILES string of the molecule is CCN(Cc1ccccn1)c1nc(C2CC2)c(CN)s1. The third kappa shape index (κ3) is 2.83. The molecule has 1 fully saturated rings. The molecule has 3 rings (SSSR count). The maximum absolute atomic E-state index is 5.86. The van der Waals surface area contributed by atoms with Crippen molar-refractivity contribution >= 4 is 16.5 Å². The van der Waals surface area contributed by atoms with Gasteiger partial charge in [-0.1, -0.05) is 6.07 Å². The van der Waals surface area contributed by atoms with Crippen molar-refractivity contribution in [2.24, 2.45) is 5.73 Å². The lowest BCUT2D eigenvalue weighted by molar-refractivity contribution is 0.800. The Morgan fingerprint density at radius 3 is 2.85 bits per heavy atom. The van der Waals surface area contributed by atoms with Crippen LogP contribution in [0.25, 0.3) is 0 Å². The van der Waals surface area contributed by atoms with Gasteiger partial charge in [0.15, 0.2) is 5.13 Å². The van der Waals surface area contributed by atoms with Gasteiger partial charge in [0.25, 0.3) is 0 Å². The molecule has 0 atom stereocenters. The fraction of sp³-hybridized carbons (Fsp3) is 0.467. The molecule has 2 N–H and O–H groups in total. The molecule has 5 heteroatoms. The Morgan fingerprint density at radius 1 is 1.40 bits per heavy atom. The van der Waals surface area contributed by atoms with Crippen LogP contribution in [0.1, 0.15) is 41.9 Å². The first kappa shape index (κ1) is 13.5. The highest BCUT2D eigenvalue weighted by Gasteiger charge is 2.30. The van der Waals surface area contributed by atoms with Crippen LogP contribution < -0.4 is 10.6 Å². The number of anilines is 1. The Labute approximate surface area is 123 Å². The van der Waals surface area contributed by atoms with Crippen LogP contribution in [0.5, 0.6) is 0 Å². The summed E-state index contributed by atoms with van der Waals surface area (Å²) in [5, 5.41) is 1.08. The van der Waals surface area contributed by atoms with E-state index in [1.54, 1.807) is 11.3 Å². The van der Waals surface area contributed by atoms with Crippen molar-refractivity contribution in [3.63, 3.8) is 0 Å². The maximum Gasteiger partial charge on any atom is 0.186 e. The Kier molecular flexibility index (Phi) is 3.98. The summed E-state index contributed by atoms with van der Waals surface area (Å²) in [6, 6.07) is 6.03. The summed E-state index contributed by atoms with van der Waals surface area (Å²) >= 11 is 1.74. The Balaban J connectivity index is 1.82. The number of thiazole rings is 1. The second-order valence-electron chi connectivity index (χ2n) is 5.12. The molecule has 1 aliphatic carbocycles. The summed E-state index contributed by atoms with van der Waals surface area (Å²) in [5.74, 6) is 0.659. The molecule has 20 heavy (non-hydrogen) atoms. The molecule has 0 aliphatic heterocycles. The number of pyridine rings is 1. The highest BCUT2D eigenvalue weighted by Crippen LogP contribution is 2.44. The van der Waals surface area contributed by atoms with Crippen LogP contribution in [0.4, 0.5) is 5.13 Å². The molecular formula is C15H20N4S. The molecule has 2 heterocycles. The molecule has 0 unspecified atom stereocenters. The zero-order valence-corrected chi connectivity index (χ0v) is 12.6. The van der Waals surface area contributed by atoms with E-state index >= 15 is 0 Å². The summed E-state index contributed by atoms with van der Waals surface area (Å²) in [7, 11) is 0. The van der Waals surface area contributed by atoms with E-state index in [0.29, 0.717) is 12.5 Å². The van der Waals surface area contributed by atoms with E-state index in [9.17, 15) is 0 Å². The summed E-state index contributed by atoms with van der Waals surface area (Å²) in [4.78, 5) is 12.8. The van der Waals surface area contributed by atoms with Gasteiger partial charge in [0.2, 0.25) is 0 Å². The second kappa shape index (κ2) is 5.89. The van der Waals surface area contributed by atoms with Gasteiger partial charge in [0.05, 0.1) is 17.9 Å². The maximum atomic E-state index is 5.86. The van der Waals surface area contributed by atoms with Crippen molar-refractivity contribution in [2.45, 2.75) is 38.8 Å².